The monoisotopic (exact) mass is 518 g/mol. The van der Waals surface area contributed by atoms with Crippen molar-refractivity contribution in [3.8, 4) is 5.75 Å². The molecule has 37 heavy (non-hydrogen) atoms. The Kier molecular flexibility index (Phi) is 10.1. The van der Waals surface area contributed by atoms with Crippen LogP contribution in [0.4, 0.5) is 0 Å². The molecule has 0 heterocycles. The van der Waals surface area contributed by atoms with E-state index in [1.807, 2.05) is 36.4 Å². The fourth-order valence-electron chi connectivity index (χ4n) is 4.61. The third-order valence-corrected chi connectivity index (χ3v) is 11.5. The Balaban J connectivity index is 1.95. The Bertz CT molecular complexity index is 1120. The van der Waals surface area contributed by atoms with Crippen molar-refractivity contribution < 1.29 is 24.9 Å². The zero-order chi connectivity index (χ0) is 26.9. The summed E-state index contributed by atoms with van der Waals surface area (Å²) < 4.78 is 6.97. The van der Waals surface area contributed by atoms with Crippen LogP contribution in [0.5, 0.6) is 5.75 Å². The quantitative estimate of drug-likeness (QED) is 0.225. The first-order valence-electron chi connectivity index (χ1n) is 12.6. The number of hydrogen-bond acceptors (Lipinski definition) is 5. The molecule has 0 amide bonds. The van der Waals surface area contributed by atoms with E-state index in [4.69, 9.17) is 4.43 Å². The molecule has 3 aromatic carbocycles. The number of aliphatic hydroxyl groups excluding tert-OH is 3. The molecular weight excluding hydrogens is 480 g/mol. The van der Waals surface area contributed by atoms with Crippen molar-refractivity contribution in [1.82, 2.24) is 0 Å². The SMILES string of the molecule is CC(C)(C)[Si](OCC(=C=CC[C@@H](O)c1ccc(O)cc1)C[C@@H](O)CO)(c1ccccc1)c1ccccc1. The van der Waals surface area contributed by atoms with Gasteiger partial charge in [0.25, 0.3) is 8.32 Å². The fourth-order valence-corrected chi connectivity index (χ4v) is 9.16. The summed E-state index contributed by atoms with van der Waals surface area (Å²) in [5, 5.41) is 41.8. The van der Waals surface area contributed by atoms with Crippen LogP contribution in [-0.2, 0) is 4.43 Å². The van der Waals surface area contributed by atoms with Crippen molar-refractivity contribution in [3.05, 3.63) is 108 Å². The molecule has 0 fully saturated rings. The summed E-state index contributed by atoms with van der Waals surface area (Å²) in [6, 6.07) is 27.1. The lowest BCUT2D eigenvalue weighted by atomic mass is 10.1. The van der Waals surface area contributed by atoms with Crippen LogP contribution in [0.15, 0.2) is 102 Å². The van der Waals surface area contributed by atoms with Crippen molar-refractivity contribution in [2.45, 2.75) is 50.9 Å². The van der Waals surface area contributed by atoms with Crippen LogP contribution in [0.25, 0.3) is 0 Å². The van der Waals surface area contributed by atoms with Gasteiger partial charge in [-0.1, -0.05) is 93.6 Å². The number of hydrogen-bond donors (Lipinski definition) is 4. The molecule has 0 aliphatic rings. The molecule has 4 N–H and O–H groups in total. The van der Waals surface area contributed by atoms with Gasteiger partial charge in [-0.05, 0) is 44.8 Å². The van der Waals surface area contributed by atoms with E-state index in [9.17, 15) is 20.4 Å². The van der Waals surface area contributed by atoms with Crippen LogP contribution in [0.3, 0.4) is 0 Å². The second-order valence-electron chi connectivity index (χ2n) is 10.3. The van der Waals surface area contributed by atoms with Gasteiger partial charge < -0.3 is 24.9 Å². The first kappa shape index (κ1) is 28.6. The molecule has 0 saturated carbocycles. The number of phenols is 1. The Labute approximate surface area is 221 Å². The third-order valence-electron chi connectivity index (χ3n) is 6.50. The number of benzene rings is 3. The number of aliphatic hydroxyl groups is 3. The summed E-state index contributed by atoms with van der Waals surface area (Å²) in [4.78, 5) is 0. The molecule has 0 saturated heterocycles. The molecule has 0 aliphatic carbocycles. The van der Waals surface area contributed by atoms with Gasteiger partial charge in [0.2, 0.25) is 0 Å². The molecule has 2 atom stereocenters. The zero-order valence-corrected chi connectivity index (χ0v) is 22.8. The Hall–Kier alpha value is -2.96. The van der Waals surface area contributed by atoms with Crippen LogP contribution >= 0.6 is 0 Å². The molecule has 3 aromatic rings. The van der Waals surface area contributed by atoms with Gasteiger partial charge in [0.05, 0.1) is 25.4 Å². The molecule has 196 valence electrons. The summed E-state index contributed by atoms with van der Waals surface area (Å²) in [6.07, 6.45) is 0.574. The van der Waals surface area contributed by atoms with E-state index in [1.54, 1.807) is 30.3 Å². The maximum absolute atomic E-state index is 10.5. The van der Waals surface area contributed by atoms with Gasteiger partial charge >= 0.3 is 0 Å². The molecule has 0 aliphatic heterocycles. The normalized spacial score (nSPS) is 13.5. The second kappa shape index (κ2) is 13.0. The van der Waals surface area contributed by atoms with Gasteiger partial charge in [0.1, 0.15) is 5.75 Å². The van der Waals surface area contributed by atoms with E-state index in [1.165, 1.54) is 0 Å². The highest BCUT2D eigenvalue weighted by Crippen LogP contribution is 2.37. The van der Waals surface area contributed by atoms with Crippen LogP contribution in [0.2, 0.25) is 5.04 Å². The minimum atomic E-state index is -2.78. The lowest BCUT2D eigenvalue weighted by Crippen LogP contribution is -2.66. The third kappa shape index (κ3) is 7.30. The predicted octanol–water partition coefficient (Wildman–Crippen LogP) is 4.22. The largest absolute Gasteiger partial charge is 0.508 e. The average Bonchev–Trinajstić information content (AvgIpc) is 2.89. The lowest BCUT2D eigenvalue weighted by molar-refractivity contribution is 0.0933. The summed E-state index contributed by atoms with van der Waals surface area (Å²) in [5.41, 5.74) is 4.64. The fraction of sp³-hybridized carbons (Fsp3) is 0.323. The first-order chi connectivity index (χ1) is 17.7. The minimum Gasteiger partial charge on any atom is -0.508 e. The van der Waals surface area contributed by atoms with Crippen LogP contribution in [0.1, 0.15) is 45.3 Å². The maximum Gasteiger partial charge on any atom is 0.261 e. The Morgan fingerprint density at radius 3 is 1.92 bits per heavy atom. The van der Waals surface area contributed by atoms with Crippen LogP contribution < -0.4 is 10.4 Å². The minimum absolute atomic E-state index is 0.146. The van der Waals surface area contributed by atoms with Crippen molar-refractivity contribution in [2.75, 3.05) is 13.2 Å². The van der Waals surface area contributed by atoms with E-state index in [0.29, 0.717) is 17.6 Å². The lowest BCUT2D eigenvalue weighted by Gasteiger charge is -2.43. The first-order valence-corrected chi connectivity index (χ1v) is 14.5. The predicted molar refractivity (Wildman–Crippen MR) is 151 cm³/mol. The van der Waals surface area contributed by atoms with Crippen LogP contribution in [0, 0.1) is 0 Å². The summed E-state index contributed by atoms with van der Waals surface area (Å²) in [6.45, 7) is 6.48. The van der Waals surface area contributed by atoms with Crippen molar-refractivity contribution in [1.29, 1.82) is 0 Å². The van der Waals surface area contributed by atoms with Gasteiger partial charge in [-0.2, -0.15) is 0 Å². The van der Waals surface area contributed by atoms with E-state index >= 15 is 0 Å². The molecule has 0 unspecified atom stereocenters. The van der Waals surface area contributed by atoms with Gasteiger partial charge in [-0.25, -0.2) is 0 Å². The van der Waals surface area contributed by atoms with E-state index < -0.39 is 20.5 Å². The molecule has 6 heteroatoms. The van der Waals surface area contributed by atoms with E-state index in [2.05, 4.69) is 50.8 Å². The highest BCUT2D eigenvalue weighted by Gasteiger charge is 2.50. The van der Waals surface area contributed by atoms with Crippen molar-refractivity contribution in [2.24, 2.45) is 0 Å². The molecule has 3 rings (SSSR count). The molecule has 5 nitrogen and oxygen atoms in total. The summed E-state index contributed by atoms with van der Waals surface area (Å²) in [7, 11) is -2.78. The zero-order valence-electron chi connectivity index (χ0n) is 21.8. The Morgan fingerprint density at radius 2 is 1.43 bits per heavy atom. The molecular formula is C31H38O5Si. The molecule has 0 aromatic heterocycles. The molecule has 0 bridgehead atoms. The van der Waals surface area contributed by atoms with Gasteiger partial charge in [-0.15, -0.1) is 5.73 Å². The highest BCUT2D eigenvalue weighted by molar-refractivity contribution is 6.99. The smallest absolute Gasteiger partial charge is 0.261 e. The van der Waals surface area contributed by atoms with Gasteiger partial charge in [0.15, 0.2) is 0 Å². The van der Waals surface area contributed by atoms with Crippen LogP contribution in [-0.4, -0.2) is 48.1 Å². The number of rotatable bonds is 11. The maximum atomic E-state index is 10.5. The number of phenolic OH excluding ortho intramolecular Hbond substituents is 1. The number of aromatic hydroxyl groups is 1. The van der Waals surface area contributed by atoms with E-state index in [-0.39, 0.29) is 30.4 Å². The topological polar surface area (TPSA) is 90.2 Å². The standard InChI is InChI=1S/C31H38O5Si/c1-31(2,3)37(28-12-6-4-7-13-28,29-14-8-5-9-15-29)36-23-24(21-27(34)22-32)11-10-16-30(35)25-17-19-26(33)20-18-25/h4-10,12-15,17-20,27,30,32-35H,16,21-23H2,1-3H3/t11?,27-,30-/m1/s1. The second-order valence-corrected chi connectivity index (χ2v) is 14.6. The molecule has 0 radical (unpaired) electrons. The van der Waals surface area contributed by atoms with E-state index in [0.717, 1.165) is 10.4 Å². The van der Waals surface area contributed by atoms with Gasteiger partial charge in [-0.3, -0.25) is 0 Å². The van der Waals surface area contributed by atoms with Gasteiger partial charge in [0, 0.05) is 12.8 Å². The average molecular weight is 519 g/mol. The summed E-state index contributed by atoms with van der Waals surface area (Å²) >= 11 is 0. The molecule has 0 spiro atoms. The summed E-state index contributed by atoms with van der Waals surface area (Å²) in [5.74, 6) is 0.146. The van der Waals surface area contributed by atoms with Crippen molar-refractivity contribution >= 4 is 18.7 Å². The highest BCUT2D eigenvalue weighted by atomic mass is 28.4. The Morgan fingerprint density at radius 1 is 0.892 bits per heavy atom. The van der Waals surface area contributed by atoms with Crippen molar-refractivity contribution in [3.63, 3.8) is 0 Å².